The molecule has 0 aliphatic carbocycles. The zero-order chi connectivity index (χ0) is 21.4. The van der Waals surface area contributed by atoms with Crippen molar-refractivity contribution < 1.29 is 31.5 Å². The fourth-order valence-electron chi connectivity index (χ4n) is 2.40. The zero-order valence-corrected chi connectivity index (χ0v) is 16.5. The van der Waals surface area contributed by atoms with Gasteiger partial charge >= 0.3 is 11.7 Å². The minimum absolute atomic E-state index is 0.0175. The molecular weight excluding hydrogens is 404 g/mol. The maximum atomic E-state index is 12.5. The molecule has 0 heterocycles. The Labute approximate surface area is 167 Å². The number of halogens is 2. The zero-order valence-electron chi connectivity index (χ0n) is 15.7. The molecule has 0 aromatic heterocycles. The van der Waals surface area contributed by atoms with E-state index in [9.17, 15) is 26.8 Å². The molecule has 0 radical (unpaired) electrons. The highest BCUT2D eigenvalue weighted by atomic mass is 32.2. The number of nitrogens with one attached hydrogen (secondary N) is 1. The molecular formula is C20H21F2NO5S. The fraction of sp³-hybridized carbons (Fsp3) is 0.300. The molecule has 1 amide bonds. The van der Waals surface area contributed by atoms with Crippen LogP contribution in [0.25, 0.3) is 0 Å². The summed E-state index contributed by atoms with van der Waals surface area (Å²) in [4.78, 5) is 23.1. The van der Waals surface area contributed by atoms with E-state index in [1.165, 1.54) is 0 Å². The number of rotatable bonds is 9. The summed E-state index contributed by atoms with van der Waals surface area (Å²) in [6.07, 6.45) is 0.900. The van der Waals surface area contributed by atoms with Crippen LogP contribution in [-0.4, -0.2) is 39.2 Å². The van der Waals surface area contributed by atoms with Crippen LogP contribution < -0.4 is 5.32 Å². The van der Waals surface area contributed by atoms with Gasteiger partial charge in [-0.2, -0.15) is 8.78 Å². The van der Waals surface area contributed by atoms with Gasteiger partial charge in [0.1, 0.15) is 6.61 Å². The molecule has 29 heavy (non-hydrogen) atoms. The highest BCUT2D eigenvalue weighted by Crippen LogP contribution is 2.18. The van der Waals surface area contributed by atoms with E-state index < -0.39 is 26.5 Å². The maximum Gasteiger partial charge on any atom is 0.341 e. The van der Waals surface area contributed by atoms with Gasteiger partial charge < -0.3 is 10.1 Å². The molecule has 0 saturated carbocycles. The number of carbonyl (C=O) groups excluding carboxylic acids is 2. The lowest BCUT2D eigenvalue weighted by molar-refractivity contribution is -0.121. The van der Waals surface area contributed by atoms with Gasteiger partial charge in [0.05, 0.1) is 17.0 Å². The fourth-order valence-corrected chi connectivity index (χ4v) is 3.12. The number of esters is 1. The van der Waals surface area contributed by atoms with Gasteiger partial charge in [-0.15, -0.1) is 0 Å². The van der Waals surface area contributed by atoms with E-state index in [1.807, 2.05) is 31.2 Å². The highest BCUT2D eigenvalue weighted by molar-refractivity contribution is 7.91. The largest absolute Gasteiger partial charge is 0.460 e. The third kappa shape index (κ3) is 6.63. The van der Waals surface area contributed by atoms with E-state index in [0.29, 0.717) is 12.8 Å². The minimum atomic E-state index is -4.71. The quantitative estimate of drug-likeness (QED) is 0.493. The second-order valence-corrected chi connectivity index (χ2v) is 8.22. The Bertz CT molecular complexity index is 942. The Hall–Kier alpha value is -2.81. The molecule has 2 aromatic rings. The number of amides is 1. The number of carbonyl (C=O) groups is 2. The molecule has 1 N–H and O–H groups in total. The summed E-state index contributed by atoms with van der Waals surface area (Å²) in [6.45, 7) is 2.03. The Kier molecular flexibility index (Phi) is 7.83. The minimum Gasteiger partial charge on any atom is -0.460 e. The van der Waals surface area contributed by atoms with Gasteiger partial charge in [0, 0.05) is 6.42 Å². The van der Waals surface area contributed by atoms with Crippen LogP contribution in [0, 0.1) is 6.92 Å². The van der Waals surface area contributed by atoms with Gasteiger partial charge in [0.15, 0.2) is 0 Å². The standard InChI is InChI=1S/C20H21F2NO5S/c1-14-2-4-15(5-3-14)6-11-18(24)23-12-13-28-19(25)16-7-9-17(10-8-16)29(26,27)20(21)22/h2-5,7-10,20H,6,11-13H2,1H3,(H,23,24). The Morgan fingerprint density at radius 1 is 1.03 bits per heavy atom. The molecule has 0 bridgehead atoms. The van der Waals surface area contributed by atoms with Crippen LogP contribution in [0.3, 0.4) is 0 Å². The van der Waals surface area contributed by atoms with Gasteiger partial charge in [-0.1, -0.05) is 29.8 Å². The van der Waals surface area contributed by atoms with Crippen LogP contribution >= 0.6 is 0 Å². The topological polar surface area (TPSA) is 89.5 Å². The van der Waals surface area contributed by atoms with E-state index in [0.717, 1.165) is 35.4 Å². The van der Waals surface area contributed by atoms with Crippen molar-refractivity contribution in [3.63, 3.8) is 0 Å². The molecule has 0 aliphatic heterocycles. The number of alkyl halides is 2. The van der Waals surface area contributed by atoms with E-state index in [2.05, 4.69) is 5.32 Å². The molecule has 2 aromatic carbocycles. The number of benzene rings is 2. The molecule has 2 rings (SSSR count). The predicted octanol–water partition coefficient (Wildman–Crippen LogP) is 2.90. The van der Waals surface area contributed by atoms with Gasteiger partial charge in [0.2, 0.25) is 15.7 Å². The lowest BCUT2D eigenvalue weighted by Crippen LogP contribution is -2.28. The first kappa shape index (κ1) is 22.5. The Morgan fingerprint density at radius 2 is 1.66 bits per heavy atom. The Balaban J connectivity index is 1.72. The maximum absolute atomic E-state index is 12.5. The van der Waals surface area contributed by atoms with Crippen molar-refractivity contribution in [1.82, 2.24) is 5.32 Å². The van der Waals surface area contributed by atoms with Crippen LogP contribution in [0.1, 0.15) is 27.9 Å². The molecule has 0 unspecified atom stereocenters. The number of aryl methyl sites for hydroxylation is 2. The molecule has 9 heteroatoms. The summed E-state index contributed by atoms with van der Waals surface area (Å²) in [6, 6.07) is 11.9. The smallest absolute Gasteiger partial charge is 0.341 e. The lowest BCUT2D eigenvalue weighted by Gasteiger charge is -2.08. The summed E-state index contributed by atoms with van der Waals surface area (Å²) < 4.78 is 52.6. The molecule has 0 saturated heterocycles. The Morgan fingerprint density at radius 3 is 2.24 bits per heavy atom. The van der Waals surface area contributed by atoms with Crippen LogP contribution in [0.5, 0.6) is 0 Å². The van der Waals surface area contributed by atoms with Gasteiger partial charge in [0.25, 0.3) is 0 Å². The first-order valence-corrected chi connectivity index (χ1v) is 10.4. The van der Waals surface area contributed by atoms with Crippen LogP contribution in [0.2, 0.25) is 0 Å². The number of sulfone groups is 1. The molecule has 6 nitrogen and oxygen atoms in total. The number of hydrogen-bond acceptors (Lipinski definition) is 5. The van der Waals surface area contributed by atoms with Crippen molar-refractivity contribution in [2.75, 3.05) is 13.2 Å². The van der Waals surface area contributed by atoms with Crippen LogP contribution in [0.4, 0.5) is 8.78 Å². The lowest BCUT2D eigenvalue weighted by atomic mass is 10.1. The van der Waals surface area contributed by atoms with Gasteiger partial charge in [-0.25, -0.2) is 13.2 Å². The predicted molar refractivity (Wildman–Crippen MR) is 102 cm³/mol. The third-order valence-electron chi connectivity index (χ3n) is 4.07. The second kappa shape index (κ2) is 10.1. The van der Waals surface area contributed by atoms with Crippen molar-refractivity contribution in [2.45, 2.75) is 30.4 Å². The average molecular weight is 425 g/mol. The molecule has 156 valence electrons. The van der Waals surface area contributed by atoms with Crippen molar-refractivity contribution >= 4 is 21.7 Å². The summed E-state index contributed by atoms with van der Waals surface area (Å²) in [7, 11) is -4.71. The number of ether oxygens (including phenoxy) is 1. The number of hydrogen-bond donors (Lipinski definition) is 1. The van der Waals surface area contributed by atoms with Crippen molar-refractivity contribution in [3.05, 3.63) is 65.2 Å². The van der Waals surface area contributed by atoms with E-state index >= 15 is 0 Å². The van der Waals surface area contributed by atoms with Crippen molar-refractivity contribution in [1.29, 1.82) is 0 Å². The first-order valence-electron chi connectivity index (χ1n) is 8.81. The van der Waals surface area contributed by atoms with Gasteiger partial charge in [-0.05, 0) is 43.2 Å². The molecule has 0 spiro atoms. The van der Waals surface area contributed by atoms with E-state index in [4.69, 9.17) is 4.74 Å². The normalized spacial score (nSPS) is 11.3. The monoisotopic (exact) mass is 425 g/mol. The van der Waals surface area contributed by atoms with E-state index in [1.54, 1.807) is 0 Å². The average Bonchev–Trinajstić information content (AvgIpc) is 2.70. The summed E-state index contributed by atoms with van der Waals surface area (Å²) in [5.41, 5.74) is 2.21. The van der Waals surface area contributed by atoms with Crippen LogP contribution in [0.15, 0.2) is 53.4 Å². The third-order valence-corrected chi connectivity index (χ3v) is 5.47. The highest BCUT2D eigenvalue weighted by Gasteiger charge is 2.26. The summed E-state index contributed by atoms with van der Waals surface area (Å²) in [5, 5.41) is 2.63. The second-order valence-electron chi connectivity index (χ2n) is 6.30. The first-order chi connectivity index (χ1) is 13.7. The van der Waals surface area contributed by atoms with E-state index in [-0.39, 0.29) is 24.6 Å². The SMILES string of the molecule is Cc1ccc(CCC(=O)NCCOC(=O)c2ccc(S(=O)(=O)C(F)F)cc2)cc1. The van der Waals surface area contributed by atoms with Gasteiger partial charge in [-0.3, -0.25) is 4.79 Å². The summed E-state index contributed by atoms with van der Waals surface area (Å²) >= 11 is 0. The van der Waals surface area contributed by atoms with Crippen molar-refractivity contribution in [2.24, 2.45) is 0 Å². The van der Waals surface area contributed by atoms with Crippen LogP contribution in [-0.2, 0) is 25.8 Å². The molecule has 0 fully saturated rings. The molecule has 0 atom stereocenters. The summed E-state index contributed by atoms with van der Waals surface area (Å²) in [5.74, 6) is -4.46. The van der Waals surface area contributed by atoms with Crippen molar-refractivity contribution in [3.8, 4) is 0 Å². The molecule has 0 aliphatic rings.